The largest absolute Gasteiger partial charge is 0.313 e. The summed E-state index contributed by atoms with van der Waals surface area (Å²) in [5.41, 5.74) is 0. The van der Waals surface area contributed by atoms with Crippen molar-refractivity contribution in [3.05, 3.63) is 30.3 Å². The first-order valence-corrected chi connectivity index (χ1v) is 10.2. The van der Waals surface area contributed by atoms with E-state index >= 15 is 0 Å². The van der Waals surface area contributed by atoms with Crippen LogP contribution in [-0.4, -0.2) is 25.3 Å². The highest BCUT2D eigenvalue weighted by atomic mass is 32.2. The lowest BCUT2D eigenvalue weighted by atomic mass is 10.1. The van der Waals surface area contributed by atoms with Crippen molar-refractivity contribution in [1.29, 1.82) is 0 Å². The van der Waals surface area contributed by atoms with E-state index in [1.54, 1.807) is 0 Å². The van der Waals surface area contributed by atoms with Gasteiger partial charge in [-0.3, -0.25) is 0 Å². The van der Waals surface area contributed by atoms with Gasteiger partial charge >= 0.3 is 30.4 Å². The van der Waals surface area contributed by atoms with E-state index in [0.717, 1.165) is 24.3 Å². The fourth-order valence-corrected chi connectivity index (χ4v) is 4.12. The molecule has 2 aromatic carbocycles. The van der Waals surface area contributed by atoms with Crippen molar-refractivity contribution >= 4 is 41.1 Å². The first-order chi connectivity index (χ1) is 11.5. The van der Waals surface area contributed by atoms with Crippen LogP contribution in [0.5, 0.6) is 0 Å². The van der Waals surface area contributed by atoms with E-state index < -0.39 is 45.0 Å². The van der Waals surface area contributed by atoms with Gasteiger partial charge in [0.15, 0.2) is 0 Å². The highest BCUT2D eigenvalue weighted by Crippen LogP contribution is 2.30. The van der Waals surface area contributed by atoms with Gasteiger partial charge in [-0.1, -0.05) is 6.07 Å². The smallest absolute Gasteiger partial charge is 0.197 e. The van der Waals surface area contributed by atoms with Gasteiger partial charge in [-0.2, -0.15) is 55.8 Å². The zero-order valence-electron chi connectivity index (χ0n) is 12.0. The minimum Gasteiger partial charge on any atom is -0.197 e. The van der Waals surface area contributed by atoms with E-state index in [1.165, 1.54) is 0 Å². The minimum absolute atomic E-state index is 0.0857. The SMILES string of the molecule is NOS(=O)(=O)c1ccc2c(S(=O)(=O)ON)cc(S(=O)(=O)ON)cc2c1. The van der Waals surface area contributed by atoms with Crippen molar-refractivity contribution in [2.45, 2.75) is 14.7 Å². The number of fused-ring (bicyclic) bond motifs is 1. The molecule has 0 saturated carbocycles. The summed E-state index contributed by atoms with van der Waals surface area (Å²) < 4.78 is 82.3. The third-order valence-corrected chi connectivity index (χ3v) is 6.37. The van der Waals surface area contributed by atoms with E-state index in [-0.39, 0.29) is 10.8 Å². The van der Waals surface area contributed by atoms with Gasteiger partial charge in [0.2, 0.25) is 0 Å². The summed E-state index contributed by atoms with van der Waals surface area (Å²) in [5.74, 6) is 14.1. The van der Waals surface area contributed by atoms with Crippen LogP contribution in [0.4, 0.5) is 0 Å². The van der Waals surface area contributed by atoms with Crippen molar-refractivity contribution in [1.82, 2.24) is 0 Å². The van der Waals surface area contributed by atoms with Crippen LogP contribution in [0.15, 0.2) is 45.0 Å². The molecule has 15 heteroatoms. The third kappa shape index (κ3) is 3.64. The second kappa shape index (κ2) is 6.56. The van der Waals surface area contributed by atoms with Crippen molar-refractivity contribution < 1.29 is 38.1 Å². The van der Waals surface area contributed by atoms with Crippen molar-refractivity contribution in [2.24, 2.45) is 17.7 Å². The molecule has 0 unspecified atom stereocenters. The molecular weight excluding hydrogens is 402 g/mol. The molecule has 0 aliphatic heterocycles. The molecule has 0 heterocycles. The average molecular weight is 413 g/mol. The Kier molecular flexibility index (Phi) is 5.15. The fourth-order valence-electron chi connectivity index (χ4n) is 1.96. The molecule has 138 valence electrons. The molecule has 0 radical (unpaired) electrons. The van der Waals surface area contributed by atoms with Gasteiger partial charge in [-0.05, 0) is 29.7 Å². The predicted molar refractivity (Wildman–Crippen MR) is 81.3 cm³/mol. The summed E-state index contributed by atoms with van der Waals surface area (Å²) in [4.78, 5) is -1.79. The molecule has 0 amide bonds. The monoisotopic (exact) mass is 413 g/mol. The molecule has 0 spiro atoms. The lowest BCUT2D eigenvalue weighted by Gasteiger charge is -2.10. The van der Waals surface area contributed by atoms with Gasteiger partial charge in [-0.25, -0.2) is 0 Å². The second-order valence-electron chi connectivity index (χ2n) is 4.46. The topological polar surface area (TPSA) is 208 Å². The zero-order chi connectivity index (χ0) is 19.0. The summed E-state index contributed by atoms with van der Waals surface area (Å²) in [6.45, 7) is 0. The summed E-state index contributed by atoms with van der Waals surface area (Å²) in [6, 6.07) is 4.63. The van der Waals surface area contributed by atoms with Crippen LogP contribution in [0.3, 0.4) is 0 Å². The second-order valence-corrected chi connectivity index (χ2v) is 9.14. The van der Waals surface area contributed by atoms with E-state index in [1.807, 2.05) is 0 Å². The average Bonchev–Trinajstić information content (AvgIpc) is 2.59. The van der Waals surface area contributed by atoms with Crippen LogP contribution in [-0.2, 0) is 43.2 Å². The normalized spacial score (nSPS) is 13.2. The molecule has 2 aromatic rings. The quantitative estimate of drug-likeness (QED) is 0.466. The van der Waals surface area contributed by atoms with Gasteiger partial charge in [-0.15, -0.1) is 0 Å². The maximum Gasteiger partial charge on any atom is 0.313 e. The van der Waals surface area contributed by atoms with Gasteiger partial charge in [0.1, 0.15) is 4.90 Å². The summed E-state index contributed by atoms with van der Waals surface area (Å²) in [7, 11) is -13.4. The molecule has 0 atom stereocenters. The summed E-state index contributed by atoms with van der Waals surface area (Å²) >= 11 is 0. The lowest BCUT2D eigenvalue weighted by Crippen LogP contribution is -2.15. The maximum absolute atomic E-state index is 11.9. The van der Waals surface area contributed by atoms with Crippen LogP contribution in [0.2, 0.25) is 0 Å². The Morgan fingerprint density at radius 3 is 1.64 bits per heavy atom. The molecule has 0 fully saturated rings. The van der Waals surface area contributed by atoms with Crippen LogP contribution < -0.4 is 17.7 Å². The summed E-state index contributed by atoms with van der Waals surface area (Å²) in [6.07, 6.45) is 0. The van der Waals surface area contributed by atoms with E-state index in [2.05, 4.69) is 24.6 Å². The Balaban J connectivity index is 2.97. The number of benzene rings is 2. The highest BCUT2D eigenvalue weighted by molar-refractivity contribution is 7.87. The molecule has 0 aliphatic rings. The molecular formula is C10H11N3O9S3. The predicted octanol–water partition coefficient (Wildman–Crippen LogP) is -1.42. The maximum atomic E-state index is 11.9. The van der Waals surface area contributed by atoms with Gasteiger partial charge in [0.25, 0.3) is 0 Å². The van der Waals surface area contributed by atoms with Crippen LogP contribution >= 0.6 is 0 Å². The lowest BCUT2D eigenvalue weighted by molar-refractivity contribution is 0.331. The van der Waals surface area contributed by atoms with Gasteiger partial charge in [0, 0.05) is 5.39 Å². The molecule has 0 aliphatic carbocycles. The van der Waals surface area contributed by atoms with Crippen LogP contribution in [0, 0.1) is 0 Å². The van der Waals surface area contributed by atoms with Crippen LogP contribution in [0.1, 0.15) is 0 Å². The first kappa shape index (κ1) is 19.6. The standard InChI is InChI=1S/C10H11N3O9S3/c11-20-23(14,15)7-1-2-9-6(3-7)4-8(24(16,17)21-12)5-10(9)25(18,19)22-13/h1-5H,11-13H2. The van der Waals surface area contributed by atoms with E-state index in [9.17, 15) is 25.3 Å². The molecule has 6 N–H and O–H groups in total. The van der Waals surface area contributed by atoms with E-state index in [4.69, 9.17) is 5.90 Å². The Bertz CT molecular complexity index is 1140. The number of hydrogen-bond acceptors (Lipinski definition) is 12. The molecule has 0 bridgehead atoms. The van der Waals surface area contributed by atoms with Gasteiger partial charge in [0.05, 0.1) is 9.79 Å². The Hall–Kier alpha value is -1.69. The summed E-state index contributed by atoms with van der Waals surface area (Å²) in [5, 5.41) is -0.218. The minimum atomic E-state index is -4.56. The van der Waals surface area contributed by atoms with E-state index in [0.29, 0.717) is 6.07 Å². The van der Waals surface area contributed by atoms with Gasteiger partial charge < -0.3 is 0 Å². The third-order valence-electron chi connectivity index (χ3n) is 3.09. The fraction of sp³-hybridized carbons (Fsp3) is 0. The van der Waals surface area contributed by atoms with Crippen LogP contribution in [0.25, 0.3) is 10.8 Å². The zero-order valence-corrected chi connectivity index (χ0v) is 14.5. The molecule has 12 nitrogen and oxygen atoms in total. The molecule has 2 rings (SSSR count). The number of nitrogens with two attached hydrogens (primary N) is 3. The van der Waals surface area contributed by atoms with Crippen molar-refractivity contribution in [3.63, 3.8) is 0 Å². The Morgan fingerprint density at radius 1 is 0.640 bits per heavy atom. The number of rotatable bonds is 6. The molecule has 0 saturated heterocycles. The number of hydrogen-bond donors (Lipinski definition) is 3. The Labute approximate surface area is 142 Å². The first-order valence-electron chi connectivity index (χ1n) is 5.96. The molecule has 0 aromatic heterocycles. The Morgan fingerprint density at radius 2 is 1.12 bits per heavy atom. The van der Waals surface area contributed by atoms with Crippen molar-refractivity contribution in [3.8, 4) is 0 Å². The highest BCUT2D eigenvalue weighted by Gasteiger charge is 2.25. The van der Waals surface area contributed by atoms with Crippen molar-refractivity contribution in [2.75, 3.05) is 0 Å². The molecule has 25 heavy (non-hydrogen) atoms.